The largest absolute Gasteiger partial charge is 0.353 e. The van der Waals surface area contributed by atoms with E-state index in [1.807, 2.05) is 38.1 Å². The zero-order valence-corrected chi connectivity index (χ0v) is 23.0. The highest BCUT2D eigenvalue weighted by Gasteiger charge is 2.37. The molecule has 1 saturated heterocycles. The molecular formula is C32H31F3N6. The van der Waals surface area contributed by atoms with Crippen molar-refractivity contribution in [3.05, 3.63) is 107 Å². The Balaban J connectivity index is 1.31. The first-order valence-corrected chi connectivity index (χ1v) is 13.2. The van der Waals surface area contributed by atoms with Crippen molar-refractivity contribution in [3.63, 3.8) is 0 Å². The van der Waals surface area contributed by atoms with Crippen LogP contribution in [0.15, 0.2) is 67.8 Å². The molecule has 3 aromatic heterocycles. The molecule has 0 spiro atoms. The van der Waals surface area contributed by atoms with Crippen LogP contribution in [0.1, 0.15) is 35.7 Å². The van der Waals surface area contributed by atoms with E-state index in [2.05, 4.69) is 38.6 Å². The first kappa shape index (κ1) is 28.0. The van der Waals surface area contributed by atoms with E-state index in [0.29, 0.717) is 35.0 Å². The summed E-state index contributed by atoms with van der Waals surface area (Å²) in [6.45, 7) is 12.8. The van der Waals surface area contributed by atoms with Gasteiger partial charge in [0.1, 0.15) is 11.5 Å². The number of aromatic amines is 1. The molecule has 0 amide bonds. The molecule has 0 saturated carbocycles. The molecule has 1 fully saturated rings. The second kappa shape index (κ2) is 11.5. The number of rotatable bonds is 8. The maximum absolute atomic E-state index is 13.8. The number of anilines is 1. The Morgan fingerprint density at radius 1 is 1.17 bits per heavy atom. The molecule has 0 bridgehead atoms. The number of H-pyrrole nitrogens is 1. The summed E-state index contributed by atoms with van der Waals surface area (Å²) in [6, 6.07) is 8.37. The summed E-state index contributed by atoms with van der Waals surface area (Å²) in [5.41, 5.74) is 7.03. The standard InChI is InChI=1S/C32H31F3N6/c1-20(26-12-24(14-36-15-26)18-41-11-10-32(34,35)19-41)8-9-29-22(3)31(40-39-29)23(4)38-30-17-37-16-28(21(30)2)25-6-5-7-27(33)13-25/h5-9,12-17,38-39H,3-4,10-11,18-19H2,1-2H3/b20-8+,29-9+. The minimum Gasteiger partial charge on any atom is -0.353 e. The number of likely N-dealkylation sites (tertiary alicyclic amines) is 1. The molecule has 6 nitrogen and oxygen atoms in total. The van der Waals surface area contributed by atoms with E-state index in [0.717, 1.165) is 39.1 Å². The van der Waals surface area contributed by atoms with Crippen molar-refractivity contribution in [1.29, 1.82) is 0 Å². The van der Waals surface area contributed by atoms with Crippen molar-refractivity contribution in [1.82, 2.24) is 25.1 Å². The van der Waals surface area contributed by atoms with E-state index >= 15 is 0 Å². The molecule has 0 atom stereocenters. The van der Waals surface area contributed by atoms with Gasteiger partial charge in [-0.1, -0.05) is 31.4 Å². The number of allylic oxidation sites excluding steroid dienone is 2. The van der Waals surface area contributed by atoms with Gasteiger partial charge in [0.25, 0.3) is 5.92 Å². The van der Waals surface area contributed by atoms with Crippen molar-refractivity contribution >= 4 is 29.6 Å². The van der Waals surface area contributed by atoms with Gasteiger partial charge in [0.15, 0.2) is 0 Å². The van der Waals surface area contributed by atoms with E-state index in [-0.39, 0.29) is 18.8 Å². The van der Waals surface area contributed by atoms with Crippen LogP contribution in [0.5, 0.6) is 0 Å². The van der Waals surface area contributed by atoms with Gasteiger partial charge in [-0.3, -0.25) is 20.0 Å². The van der Waals surface area contributed by atoms with Crippen LogP contribution in [0, 0.1) is 12.7 Å². The maximum atomic E-state index is 13.8. The average Bonchev–Trinajstić information content (AvgIpc) is 3.48. The van der Waals surface area contributed by atoms with Crippen LogP contribution in [-0.4, -0.2) is 44.1 Å². The van der Waals surface area contributed by atoms with Crippen LogP contribution >= 0.6 is 0 Å². The molecule has 4 heterocycles. The molecule has 0 radical (unpaired) electrons. The number of nitrogens with one attached hydrogen (secondary N) is 2. The Labute approximate surface area is 236 Å². The summed E-state index contributed by atoms with van der Waals surface area (Å²) < 4.78 is 40.9. The van der Waals surface area contributed by atoms with E-state index in [1.54, 1.807) is 35.8 Å². The summed E-state index contributed by atoms with van der Waals surface area (Å²) in [4.78, 5) is 10.4. The zero-order chi connectivity index (χ0) is 29.1. The van der Waals surface area contributed by atoms with E-state index in [4.69, 9.17) is 0 Å². The third kappa shape index (κ3) is 6.47. The van der Waals surface area contributed by atoms with Crippen LogP contribution in [0.2, 0.25) is 0 Å². The van der Waals surface area contributed by atoms with Crippen molar-refractivity contribution in [2.45, 2.75) is 32.7 Å². The van der Waals surface area contributed by atoms with Crippen LogP contribution < -0.4 is 15.9 Å². The number of benzene rings is 1. The summed E-state index contributed by atoms with van der Waals surface area (Å²) in [5, 5.41) is 12.1. The molecule has 0 aliphatic carbocycles. The lowest BCUT2D eigenvalue weighted by Gasteiger charge is -2.15. The Bertz CT molecular complexity index is 1740. The molecule has 1 aliphatic rings. The topological polar surface area (TPSA) is 69.7 Å². The second-order valence-electron chi connectivity index (χ2n) is 10.4. The van der Waals surface area contributed by atoms with Gasteiger partial charge in [-0.05, 0) is 65.9 Å². The Morgan fingerprint density at radius 3 is 2.73 bits per heavy atom. The lowest BCUT2D eigenvalue weighted by Crippen LogP contribution is -2.24. The van der Waals surface area contributed by atoms with Crippen molar-refractivity contribution in [3.8, 4) is 11.1 Å². The summed E-state index contributed by atoms with van der Waals surface area (Å²) in [7, 11) is 0. The highest BCUT2D eigenvalue weighted by Crippen LogP contribution is 2.30. The number of nitrogens with zero attached hydrogens (tertiary/aromatic N) is 4. The van der Waals surface area contributed by atoms with Crippen molar-refractivity contribution in [2.24, 2.45) is 0 Å². The Hall–Kier alpha value is -4.50. The first-order chi connectivity index (χ1) is 19.6. The lowest BCUT2D eigenvalue weighted by molar-refractivity contribution is 0.0115. The molecule has 1 aliphatic heterocycles. The van der Waals surface area contributed by atoms with Gasteiger partial charge in [0.05, 0.1) is 29.5 Å². The summed E-state index contributed by atoms with van der Waals surface area (Å²) in [6.07, 6.45) is 10.6. The van der Waals surface area contributed by atoms with Gasteiger partial charge in [0.2, 0.25) is 0 Å². The van der Waals surface area contributed by atoms with Crippen LogP contribution in [-0.2, 0) is 6.54 Å². The second-order valence-corrected chi connectivity index (χ2v) is 10.4. The van der Waals surface area contributed by atoms with Crippen molar-refractivity contribution < 1.29 is 13.2 Å². The van der Waals surface area contributed by atoms with E-state index in [9.17, 15) is 13.2 Å². The van der Waals surface area contributed by atoms with Crippen LogP contribution in [0.25, 0.3) is 35.1 Å². The van der Waals surface area contributed by atoms with Gasteiger partial charge >= 0.3 is 0 Å². The number of hydrogen-bond acceptors (Lipinski definition) is 5. The number of halogens is 3. The predicted octanol–water partition coefficient (Wildman–Crippen LogP) is 5.53. The fourth-order valence-corrected chi connectivity index (χ4v) is 4.88. The Kier molecular flexibility index (Phi) is 7.90. The first-order valence-electron chi connectivity index (χ1n) is 13.2. The Morgan fingerprint density at radius 2 is 1.98 bits per heavy atom. The molecule has 9 heteroatoms. The molecular weight excluding hydrogens is 525 g/mol. The van der Waals surface area contributed by atoms with Gasteiger partial charge in [-0.25, -0.2) is 13.2 Å². The minimum absolute atomic E-state index is 0.104. The molecule has 2 N–H and O–H groups in total. The summed E-state index contributed by atoms with van der Waals surface area (Å²) in [5.74, 6) is -2.93. The summed E-state index contributed by atoms with van der Waals surface area (Å²) >= 11 is 0. The zero-order valence-electron chi connectivity index (χ0n) is 23.0. The number of pyridine rings is 2. The van der Waals surface area contributed by atoms with Gasteiger partial charge in [0, 0.05) is 48.9 Å². The van der Waals surface area contributed by atoms with Crippen molar-refractivity contribution in [2.75, 3.05) is 18.4 Å². The minimum atomic E-state index is -2.62. The average molecular weight is 557 g/mol. The number of alkyl halides is 2. The fraction of sp³-hybridized carbons (Fsp3) is 0.219. The molecule has 5 rings (SSSR count). The quantitative estimate of drug-likeness (QED) is 0.299. The van der Waals surface area contributed by atoms with Gasteiger partial charge in [-0.15, -0.1) is 0 Å². The predicted molar refractivity (Wildman–Crippen MR) is 158 cm³/mol. The van der Waals surface area contributed by atoms with Crippen LogP contribution in [0.3, 0.4) is 0 Å². The van der Waals surface area contributed by atoms with Crippen LogP contribution in [0.4, 0.5) is 18.9 Å². The third-order valence-corrected chi connectivity index (χ3v) is 7.23. The van der Waals surface area contributed by atoms with Gasteiger partial charge < -0.3 is 5.32 Å². The smallest absolute Gasteiger partial charge is 0.261 e. The monoisotopic (exact) mass is 556 g/mol. The molecule has 210 valence electrons. The molecule has 0 unspecified atom stereocenters. The lowest BCUT2D eigenvalue weighted by atomic mass is 10.0. The van der Waals surface area contributed by atoms with E-state index in [1.165, 1.54) is 12.1 Å². The van der Waals surface area contributed by atoms with E-state index < -0.39 is 5.92 Å². The maximum Gasteiger partial charge on any atom is 0.261 e. The SMILES string of the molecule is C=C(Nc1cncc(-c2cccc(F)c2)c1C)c1n[nH]/c(=C/C=C(\C)c2cncc(CN3CCC(F)(F)C3)c2)c1=C. The number of hydrogen-bond donors (Lipinski definition) is 2. The normalized spacial score (nSPS) is 15.8. The third-order valence-electron chi connectivity index (χ3n) is 7.23. The molecule has 1 aromatic carbocycles. The highest BCUT2D eigenvalue weighted by molar-refractivity contribution is 5.80. The molecule has 4 aromatic rings. The van der Waals surface area contributed by atoms with Gasteiger partial charge in [-0.2, -0.15) is 5.10 Å². The highest BCUT2D eigenvalue weighted by atomic mass is 19.3. The fourth-order valence-electron chi connectivity index (χ4n) is 4.88. The molecule has 41 heavy (non-hydrogen) atoms. The number of aromatic nitrogens is 4.